The molecule has 3 atom stereocenters. The molecule has 0 saturated carbocycles. The number of hydrogen-bond acceptors (Lipinski definition) is 4. The second-order valence-corrected chi connectivity index (χ2v) is 6.26. The Morgan fingerprint density at radius 2 is 1.71 bits per heavy atom. The van der Waals surface area contributed by atoms with E-state index in [1.54, 1.807) is 12.1 Å². The van der Waals surface area contributed by atoms with Crippen LogP contribution < -0.4 is 5.01 Å². The molecule has 2 aromatic rings. The summed E-state index contributed by atoms with van der Waals surface area (Å²) in [6, 6.07) is 19.3. The minimum absolute atomic E-state index is 0.170. The molecule has 0 bridgehead atoms. The molecule has 2 aliphatic rings. The molecular weight excluding hydrogens is 320 g/mol. The van der Waals surface area contributed by atoms with Gasteiger partial charge in [-0.2, -0.15) is 10.5 Å². The van der Waals surface area contributed by atoms with Crippen molar-refractivity contribution >= 4 is 23.4 Å². The molecule has 0 amide bonds. The molecule has 0 unspecified atom stereocenters. The van der Waals surface area contributed by atoms with Gasteiger partial charge in [0.25, 0.3) is 0 Å². The molecule has 0 aromatic heterocycles. The van der Waals surface area contributed by atoms with Crippen LogP contribution in [0.1, 0.15) is 17.2 Å². The van der Waals surface area contributed by atoms with Gasteiger partial charge in [-0.1, -0.05) is 35.9 Å². The minimum atomic E-state index is -0.558. The van der Waals surface area contributed by atoms with Gasteiger partial charge in [-0.05, 0) is 41.5 Å². The normalized spacial score (nSPS) is 24.0. The smallest absolute Gasteiger partial charge is 0.155 e. The summed E-state index contributed by atoms with van der Waals surface area (Å²) in [7, 11) is 0. The zero-order valence-electron chi connectivity index (χ0n) is 12.7. The largest absolute Gasteiger partial charge is 0.282 e. The molecule has 1 saturated heterocycles. The van der Waals surface area contributed by atoms with Crippen molar-refractivity contribution in [2.45, 2.75) is 12.1 Å². The van der Waals surface area contributed by atoms with Gasteiger partial charge in [0.1, 0.15) is 5.92 Å². The Hall–Kier alpha value is -2.95. The Kier molecular flexibility index (Phi) is 3.41. The van der Waals surface area contributed by atoms with Gasteiger partial charge < -0.3 is 0 Å². The summed E-state index contributed by atoms with van der Waals surface area (Å²) in [5, 5.41) is 24.0. The highest BCUT2D eigenvalue weighted by atomic mass is 35.5. The van der Waals surface area contributed by atoms with E-state index in [0.717, 1.165) is 16.8 Å². The highest BCUT2D eigenvalue weighted by Crippen LogP contribution is 2.46. The van der Waals surface area contributed by atoms with Crippen molar-refractivity contribution < 1.29 is 0 Å². The molecule has 2 heterocycles. The number of hydrogen-bond donors (Lipinski definition) is 0. The van der Waals surface area contributed by atoms with E-state index in [1.165, 1.54) is 0 Å². The first-order chi connectivity index (χ1) is 11.7. The van der Waals surface area contributed by atoms with Crippen molar-refractivity contribution in [1.82, 2.24) is 5.01 Å². The summed E-state index contributed by atoms with van der Waals surface area (Å²) in [5.41, 5.74) is 3.01. The standard InChI is InChI=1S/C19H13ClN4/c20-14-5-7-15(8-6-14)24-18(12-22)17(11-21)19-16-4-2-1-3-13(16)9-10-23(19)24/h1-10,17-19H/t17-,18-,19+/m1/s1. The molecule has 24 heavy (non-hydrogen) atoms. The van der Waals surface area contributed by atoms with Crippen LogP contribution in [-0.4, -0.2) is 11.1 Å². The number of benzene rings is 2. The third-order valence-electron chi connectivity index (χ3n) is 4.57. The predicted octanol–water partition coefficient (Wildman–Crippen LogP) is 4.13. The van der Waals surface area contributed by atoms with Gasteiger partial charge in [-0.15, -0.1) is 0 Å². The van der Waals surface area contributed by atoms with E-state index in [4.69, 9.17) is 11.6 Å². The lowest BCUT2D eigenvalue weighted by atomic mass is 9.87. The summed E-state index contributed by atoms with van der Waals surface area (Å²) >= 11 is 5.99. The number of nitriles is 2. The van der Waals surface area contributed by atoms with Gasteiger partial charge in [0.2, 0.25) is 0 Å². The highest BCUT2D eigenvalue weighted by molar-refractivity contribution is 6.30. The van der Waals surface area contributed by atoms with Crippen molar-refractivity contribution in [1.29, 1.82) is 10.5 Å². The van der Waals surface area contributed by atoms with Crippen LogP contribution in [0.2, 0.25) is 5.02 Å². The van der Waals surface area contributed by atoms with E-state index in [0.29, 0.717) is 5.02 Å². The Labute approximate surface area is 145 Å². The lowest BCUT2D eigenvalue weighted by molar-refractivity contribution is 0.311. The number of halogens is 1. The van der Waals surface area contributed by atoms with Crippen molar-refractivity contribution in [3.63, 3.8) is 0 Å². The molecule has 116 valence electrons. The minimum Gasteiger partial charge on any atom is -0.282 e. The lowest BCUT2D eigenvalue weighted by Crippen LogP contribution is -2.39. The molecule has 4 rings (SSSR count). The van der Waals surface area contributed by atoms with Crippen LogP contribution in [0.15, 0.2) is 54.7 Å². The van der Waals surface area contributed by atoms with Crippen LogP contribution in [0.4, 0.5) is 5.69 Å². The van der Waals surface area contributed by atoms with E-state index < -0.39 is 12.0 Å². The molecule has 2 aliphatic heterocycles. The van der Waals surface area contributed by atoms with Crippen molar-refractivity contribution in [3.8, 4) is 12.1 Å². The molecule has 4 nitrogen and oxygen atoms in total. The Morgan fingerprint density at radius 1 is 0.958 bits per heavy atom. The summed E-state index contributed by atoms with van der Waals surface area (Å²) in [4.78, 5) is 0. The van der Waals surface area contributed by atoms with Gasteiger partial charge in [0, 0.05) is 11.2 Å². The third kappa shape index (κ3) is 2.05. The fraction of sp³-hybridized carbons (Fsp3) is 0.158. The summed E-state index contributed by atoms with van der Waals surface area (Å²) in [6.45, 7) is 0. The maximum atomic E-state index is 9.74. The molecular formula is C19H13ClN4. The van der Waals surface area contributed by atoms with Gasteiger partial charge in [0.05, 0.1) is 23.9 Å². The number of rotatable bonds is 1. The molecule has 1 fully saturated rings. The first kappa shape index (κ1) is 14.6. The first-order valence-corrected chi connectivity index (χ1v) is 8.02. The van der Waals surface area contributed by atoms with Crippen LogP contribution in [0, 0.1) is 28.6 Å². The first-order valence-electron chi connectivity index (χ1n) is 7.64. The zero-order chi connectivity index (χ0) is 16.7. The molecule has 0 spiro atoms. The van der Waals surface area contributed by atoms with Crippen LogP contribution in [0.3, 0.4) is 0 Å². The summed E-state index contributed by atoms with van der Waals surface area (Å²) < 4.78 is 0. The van der Waals surface area contributed by atoms with Crippen LogP contribution in [-0.2, 0) is 0 Å². The second kappa shape index (κ2) is 5.60. The quantitative estimate of drug-likeness (QED) is 0.787. The maximum Gasteiger partial charge on any atom is 0.155 e. The topological polar surface area (TPSA) is 54.1 Å². The van der Waals surface area contributed by atoms with Crippen molar-refractivity contribution in [2.24, 2.45) is 5.92 Å². The van der Waals surface area contributed by atoms with Crippen molar-refractivity contribution in [3.05, 3.63) is 70.9 Å². The van der Waals surface area contributed by atoms with Gasteiger partial charge in [-0.3, -0.25) is 10.0 Å². The SMILES string of the molecule is N#C[C@@H]1[C@@H](C#N)N(c2ccc(Cl)cc2)N2C=Cc3ccccc3[C@@H]12. The van der Waals surface area contributed by atoms with E-state index in [1.807, 2.05) is 58.7 Å². The average molecular weight is 333 g/mol. The Balaban J connectivity index is 1.87. The fourth-order valence-corrected chi connectivity index (χ4v) is 3.65. The molecule has 0 aliphatic carbocycles. The average Bonchev–Trinajstić information content (AvgIpc) is 2.96. The van der Waals surface area contributed by atoms with Crippen LogP contribution in [0.5, 0.6) is 0 Å². The molecule has 0 radical (unpaired) electrons. The molecule has 5 heteroatoms. The monoisotopic (exact) mass is 332 g/mol. The molecule has 2 aromatic carbocycles. The summed E-state index contributed by atoms with van der Waals surface area (Å²) in [5.74, 6) is -0.447. The van der Waals surface area contributed by atoms with E-state index in [-0.39, 0.29) is 6.04 Å². The number of anilines is 1. The van der Waals surface area contributed by atoms with Gasteiger partial charge >= 0.3 is 0 Å². The Bertz CT molecular complexity index is 891. The maximum absolute atomic E-state index is 9.74. The van der Waals surface area contributed by atoms with Crippen LogP contribution in [0.25, 0.3) is 6.08 Å². The summed E-state index contributed by atoms with van der Waals surface area (Å²) in [6.07, 6.45) is 3.96. The number of fused-ring (bicyclic) bond motifs is 3. The van der Waals surface area contributed by atoms with E-state index >= 15 is 0 Å². The third-order valence-corrected chi connectivity index (χ3v) is 4.82. The second-order valence-electron chi connectivity index (χ2n) is 5.82. The molecule has 0 N–H and O–H groups in total. The van der Waals surface area contributed by atoms with Crippen molar-refractivity contribution in [2.75, 3.05) is 5.01 Å². The fourth-order valence-electron chi connectivity index (χ4n) is 3.52. The van der Waals surface area contributed by atoms with Gasteiger partial charge in [-0.25, -0.2) is 0 Å². The van der Waals surface area contributed by atoms with E-state index in [9.17, 15) is 10.5 Å². The lowest BCUT2D eigenvalue weighted by Gasteiger charge is -2.36. The predicted molar refractivity (Wildman–Crippen MR) is 92.5 cm³/mol. The zero-order valence-corrected chi connectivity index (χ0v) is 13.4. The number of nitrogens with zero attached hydrogens (tertiary/aromatic N) is 4. The Morgan fingerprint density at radius 3 is 2.42 bits per heavy atom. The van der Waals surface area contributed by atoms with Crippen LogP contribution >= 0.6 is 11.6 Å². The number of hydrazine groups is 1. The highest BCUT2D eigenvalue weighted by Gasteiger charge is 2.49. The van der Waals surface area contributed by atoms with Gasteiger partial charge in [0.15, 0.2) is 6.04 Å². The van der Waals surface area contributed by atoms with E-state index in [2.05, 4.69) is 12.1 Å².